The molecule has 3 aromatic rings. The van der Waals surface area contributed by atoms with Crippen molar-refractivity contribution in [1.29, 1.82) is 0 Å². The monoisotopic (exact) mass is 465 g/mol. The van der Waals surface area contributed by atoms with E-state index in [1.807, 2.05) is 43.5 Å². The highest BCUT2D eigenvalue weighted by molar-refractivity contribution is 6.88. The zero-order valence-corrected chi connectivity index (χ0v) is 21.1. The topological polar surface area (TPSA) is 80.8 Å². The molecule has 0 radical (unpaired) electrons. The van der Waals surface area contributed by atoms with Gasteiger partial charge in [-0.3, -0.25) is 4.98 Å². The van der Waals surface area contributed by atoms with E-state index in [9.17, 15) is 9.59 Å². The number of hydrogen-bond donors (Lipinski definition) is 1. The molecule has 0 unspecified atom stereocenters. The number of anilines is 1. The first-order chi connectivity index (χ1) is 15.7. The van der Waals surface area contributed by atoms with Crippen molar-refractivity contribution in [3.63, 3.8) is 0 Å². The van der Waals surface area contributed by atoms with E-state index >= 15 is 0 Å². The van der Waals surface area contributed by atoms with Gasteiger partial charge in [0.15, 0.2) is 0 Å². The summed E-state index contributed by atoms with van der Waals surface area (Å²) in [6, 6.07) is 14.0. The second-order valence-corrected chi connectivity index (χ2v) is 13.8. The van der Waals surface area contributed by atoms with E-state index in [-0.39, 0.29) is 13.2 Å². The normalized spacial score (nSPS) is 11.2. The van der Waals surface area contributed by atoms with E-state index in [2.05, 4.69) is 37.2 Å². The van der Waals surface area contributed by atoms with Gasteiger partial charge in [-0.15, -0.1) is 0 Å². The third kappa shape index (κ3) is 5.34. The standard InChI is InChI=1S/C25H31N3O4Si/c1-7-31-24(29)27-28(25(30)32-8-2)23-21-14-13-19(33(4,5)6)15-18(21)16-26-22(23)20-12-10-9-11-17(20)3/h9-16H,7-8H2,1-6H3,(H,27,29). The van der Waals surface area contributed by atoms with Gasteiger partial charge in [-0.1, -0.05) is 67.3 Å². The molecule has 33 heavy (non-hydrogen) atoms. The summed E-state index contributed by atoms with van der Waals surface area (Å²) in [5, 5.41) is 4.03. The molecule has 1 aromatic heterocycles. The average Bonchev–Trinajstić information content (AvgIpc) is 2.76. The molecule has 2 aromatic carbocycles. The predicted octanol–water partition coefficient (Wildman–Crippen LogP) is 5.38. The maximum Gasteiger partial charge on any atom is 0.433 e. The Morgan fingerprint density at radius 3 is 2.36 bits per heavy atom. The van der Waals surface area contributed by atoms with Crippen molar-refractivity contribution >= 4 is 41.9 Å². The molecular formula is C25H31N3O4Si. The molecule has 0 saturated carbocycles. The predicted molar refractivity (Wildman–Crippen MR) is 135 cm³/mol. The second kappa shape index (κ2) is 10.0. The number of pyridine rings is 1. The molecule has 0 spiro atoms. The number of carbonyl (C=O) groups excluding carboxylic acids is 2. The van der Waals surface area contributed by atoms with Gasteiger partial charge in [0.05, 0.1) is 27.0 Å². The fourth-order valence-corrected chi connectivity index (χ4v) is 4.74. The summed E-state index contributed by atoms with van der Waals surface area (Å²) in [5.41, 5.74) is 5.39. The lowest BCUT2D eigenvalue weighted by atomic mass is 10.0. The van der Waals surface area contributed by atoms with Crippen LogP contribution in [-0.4, -0.2) is 38.5 Å². The smallest absolute Gasteiger partial charge is 0.433 e. The van der Waals surface area contributed by atoms with E-state index in [4.69, 9.17) is 14.5 Å². The molecule has 7 nitrogen and oxygen atoms in total. The van der Waals surface area contributed by atoms with E-state index in [0.29, 0.717) is 11.4 Å². The van der Waals surface area contributed by atoms with Crippen LogP contribution < -0.4 is 15.6 Å². The Labute approximate surface area is 195 Å². The van der Waals surface area contributed by atoms with Crippen molar-refractivity contribution in [2.24, 2.45) is 0 Å². The number of aromatic nitrogens is 1. The molecule has 174 valence electrons. The molecule has 0 saturated heterocycles. The van der Waals surface area contributed by atoms with Crippen molar-refractivity contribution in [3.05, 3.63) is 54.2 Å². The number of hydrazine groups is 1. The number of aryl methyl sites for hydroxylation is 1. The highest BCUT2D eigenvalue weighted by Gasteiger charge is 2.28. The number of benzene rings is 2. The Kier molecular flexibility index (Phi) is 7.38. The number of amides is 2. The summed E-state index contributed by atoms with van der Waals surface area (Å²) in [5.74, 6) is 0. The SMILES string of the molecule is CCOC(=O)NN(C(=O)OCC)c1c(-c2ccccc2C)ncc2cc([Si](C)(C)C)ccc12. The molecule has 1 heterocycles. The molecule has 0 atom stereocenters. The summed E-state index contributed by atoms with van der Waals surface area (Å²) < 4.78 is 10.3. The minimum Gasteiger partial charge on any atom is -0.449 e. The van der Waals surface area contributed by atoms with Crippen LogP contribution in [0.1, 0.15) is 19.4 Å². The zero-order valence-electron chi connectivity index (χ0n) is 20.1. The van der Waals surface area contributed by atoms with Crippen LogP contribution in [0.15, 0.2) is 48.7 Å². The van der Waals surface area contributed by atoms with E-state index in [1.165, 1.54) is 5.19 Å². The lowest BCUT2D eigenvalue weighted by Gasteiger charge is -2.26. The van der Waals surface area contributed by atoms with Crippen molar-refractivity contribution in [1.82, 2.24) is 10.4 Å². The van der Waals surface area contributed by atoms with Gasteiger partial charge >= 0.3 is 12.2 Å². The number of hydrogen-bond acceptors (Lipinski definition) is 5. The van der Waals surface area contributed by atoms with Gasteiger partial charge in [-0.25, -0.2) is 15.0 Å². The van der Waals surface area contributed by atoms with Crippen molar-refractivity contribution < 1.29 is 19.1 Å². The van der Waals surface area contributed by atoms with Gasteiger partial charge < -0.3 is 9.47 Å². The highest BCUT2D eigenvalue weighted by atomic mass is 28.3. The number of nitrogens with one attached hydrogen (secondary N) is 1. The third-order valence-electron chi connectivity index (χ3n) is 5.28. The molecule has 8 heteroatoms. The number of rotatable bonds is 5. The lowest BCUT2D eigenvalue weighted by Crippen LogP contribution is -2.47. The van der Waals surface area contributed by atoms with Crippen LogP contribution in [0, 0.1) is 6.92 Å². The van der Waals surface area contributed by atoms with Gasteiger partial charge in [0.1, 0.15) is 5.69 Å². The molecule has 1 N–H and O–H groups in total. The van der Waals surface area contributed by atoms with Crippen LogP contribution in [0.4, 0.5) is 15.3 Å². The molecule has 0 aliphatic rings. The van der Waals surface area contributed by atoms with Gasteiger partial charge in [0, 0.05) is 22.5 Å². The van der Waals surface area contributed by atoms with Crippen molar-refractivity contribution in [3.8, 4) is 11.3 Å². The first-order valence-corrected chi connectivity index (χ1v) is 14.6. The average molecular weight is 466 g/mol. The quantitative estimate of drug-likeness (QED) is 0.404. The van der Waals surface area contributed by atoms with Crippen LogP contribution >= 0.6 is 0 Å². The third-order valence-corrected chi connectivity index (χ3v) is 7.33. The summed E-state index contributed by atoms with van der Waals surface area (Å²) >= 11 is 0. The van der Waals surface area contributed by atoms with Crippen LogP contribution in [0.5, 0.6) is 0 Å². The fourth-order valence-electron chi connectivity index (χ4n) is 3.57. The first-order valence-electron chi connectivity index (χ1n) is 11.1. The molecule has 0 fully saturated rings. The van der Waals surface area contributed by atoms with Gasteiger partial charge in [-0.2, -0.15) is 5.01 Å². The van der Waals surface area contributed by atoms with Crippen molar-refractivity contribution in [2.75, 3.05) is 18.2 Å². The minimum atomic E-state index is -1.58. The first kappa shape index (κ1) is 24.3. The molecule has 2 amide bonds. The summed E-state index contributed by atoms with van der Waals surface area (Å²) in [7, 11) is -1.58. The molecule has 0 aliphatic heterocycles. The van der Waals surface area contributed by atoms with E-state index < -0.39 is 20.3 Å². The summed E-state index contributed by atoms with van der Waals surface area (Å²) in [4.78, 5) is 30.2. The Balaban J connectivity index is 2.33. The largest absolute Gasteiger partial charge is 0.449 e. The lowest BCUT2D eigenvalue weighted by molar-refractivity contribution is 0.139. The number of fused-ring (bicyclic) bond motifs is 1. The van der Waals surface area contributed by atoms with E-state index in [1.54, 1.807) is 13.8 Å². The summed E-state index contributed by atoms with van der Waals surface area (Å²) in [6.45, 7) is 12.5. The number of nitrogens with zero attached hydrogens (tertiary/aromatic N) is 2. The molecular weight excluding hydrogens is 434 g/mol. The van der Waals surface area contributed by atoms with Gasteiger partial charge in [-0.05, 0) is 26.3 Å². The van der Waals surface area contributed by atoms with Crippen LogP contribution in [-0.2, 0) is 9.47 Å². The minimum absolute atomic E-state index is 0.150. The summed E-state index contributed by atoms with van der Waals surface area (Å²) in [6.07, 6.45) is 0.346. The highest BCUT2D eigenvalue weighted by Crippen LogP contribution is 2.37. The zero-order chi connectivity index (χ0) is 24.2. The Hall–Kier alpha value is -3.39. The van der Waals surface area contributed by atoms with E-state index in [0.717, 1.165) is 26.9 Å². The van der Waals surface area contributed by atoms with Crippen LogP contribution in [0.3, 0.4) is 0 Å². The van der Waals surface area contributed by atoms with Gasteiger partial charge in [0.25, 0.3) is 0 Å². The van der Waals surface area contributed by atoms with Crippen LogP contribution in [0.2, 0.25) is 19.6 Å². The van der Waals surface area contributed by atoms with Gasteiger partial charge in [0.2, 0.25) is 0 Å². The van der Waals surface area contributed by atoms with Crippen LogP contribution in [0.25, 0.3) is 22.0 Å². The fraction of sp³-hybridized carbons (Fsp3) is 0.320. The maximum atomic E-state index is 13.0. The molecule has 0 aliphatic carbocycles. The Morgan fingerprint density at radius 2 is 1.73 bits per heavy atom. The Bertz CT molecular complexity index is 1170. The number of ether oxygens (including phenoxy) is 2. The maximum absolute atomic E-state index is 13.0. The molecule has 3 rings (SSSR count). The van der Waals surface area contributed by atoms with Crippen molar-refractivity contribution in [2.45, 2.75) is 40.4 Å². The number of carbonyl (C=O) groups is 2. The second-order valence-electron chi connectivity index (χ2n) is 8.69. The Morgan fingerprint density at radius 1 is 1.03 bits per heavy atom. The molecule has 0 bridgehead atoms.